The van der Waals surface area contributed by atoms with Crippen molar-refractivity contribution in [3.63, 3.8) is 0 Å². The van der Waals surface area contributed by atoms with Crippen molar-refractivity contribution < 1.29 is 5.21 Å². The SMILES string of the molecule is CSCC(C)NCc1ccccc1/C(N)=N/O. The Balaban J connectivity index is 2.71. The minimum atomic E-state index is 0.153. The normalized spacial score (nSPS) is 13.6. The van der Waals surface area contributed by atoms with E-state index in [2.05, 4.69) is 23.7 Å². The third kappa shape index (κ3) is 4.28. The molecule has 0 amide bonds. The molecule has 0 aliphatic rings. The molecule has 0 radical (unpaired) electrons. The number of hydrogen-bond acceptors (Lipinski definition) is 4. The van der Waals surface area contributed by atoms with Gasteiger partial charge in [0.2, 0.25) is 0 Å². The monoisotopic (exact) mass is 253 g/mol. The minimum absolute atomic E-state index is 0.153. The summed E-state index contributed by atoms with van der Waals surface area (Å²) in [4.78, 5) is 0. The van der Waals surface area contributed by atoms with Gasteiger partial charge in [-0.15, -0.1) is 0 Å². The Labute approximate surface area is 106 Å². The van der Waals surface area contributed by atoms with E-state index in [1.54, 1.807) is 0 Å². The topological polar surface area (TPSA) is 70.6 Å². The summed E-state index contributed by atoms with van der Waals surface area (Å²) in [7, 11) is 0. The molecule has 0 aliphatic heterocycles. The zero-order valence-corrected chi connectivity index (χ0v) is 11.0. The molecule has 1 aromatic rings. The molecule has 0 saturated heterocycles. The van der Waals surface area contributed by atoms with Crippen molar-refractivity contribution in [1.29, 1.82) is 0 Å². The molecule has 4 nitrogen and oxygen atoms in total. The van der Waals surface area contributed by atoms with Gasteiger partial charge in [-0.05, 0) is 18.7 Å². The summed E-state index contributed by atoms with van der Waals surface area (Å²) in [6, 6.07) is 8.09. The van der Waals surface area contributed by atoms with Gasteiger partial charge in [0.1, 0.15) is 0 Å². The second-order valence-corrected chi connectivity index (χ2v) is 4.79. The van der Waals surface area contributed by atoms with E-state index in [-0.39, 0.29) is 5.84 Å². The lowest BCUT2D eigenvalue weighted by atomic mass is 10.1. The molecule has 0 fully saturated rings. The Morgan fingerprint density at radius 2 is 2.24 bits per heavy atom. The molecule has 17 heavy (non-hydrogen) atoms. The van der Waals surface area contributed by atoms with Gasteiger partial charge in [-0.1, -0.05) is 29.4 Å². The fraction of sp³-hybridized carbons (Fsp3) is 0.417. The predicted octanol–water partition coefficient (Wildman–Crippen LogP) is 1.62. The van der Waals surface area contributed by atoms with Gasteiger partial charge < -0.3 is 16.3 Å². The number of nitrogens with two attached hydrogens (primary N) is 1. The van der Waals surface area contributed by atoms with Crippen molar-refractivity contribution in [2.24, 2.45) is 10.9 Å². The number of thioether (sulfide) groups is 1. The van der Waals surface area contributed by atoms with Crippen LogP contribution in [0.25, 0.3) is 0 Å². The maximum Gasteiger partial charge on any atom is 0.170 e. The highest BCUT2D eigenvalue weighted by molar-refractivity contribution is 7.98. The molecule has 4 N–H and O–H groups in total. The van der Waals surface area contributed by atoms with Crippen LogP contribution in [0, 0.1) is 0 Å². The number of amidine groups is 1. The van der Waals surface area contributed by atoms with E-state index in [9.17, 15) is 0 Å². The Bertz CT molecular complexity index is 382. The van der Waals surface area contributed by atoms with Crippen LogP contribution < -0.4 is 11.1 Å². The fourth-order valence-corrected chi connectivity index (χ4v) is 2.19. The molecule has 0 aromatic heterocycles. The highest BCUT2D eigenvalue weighted by Crippen LogP contribution is 2.09. The number of hydrogen-bond donors (Lipinski definition) is 3. The fourth-order valence-electron chi connectivity index (χ4n) is 1.57. The van der Waals surface area contributed by atoms with E-state index in [4.69, 9.17) is 10.9 Å². The van der Waals surface area contributed by atoms with Crippen LogP contribution in [0.3, 0.4) is 0 Å². The summed E-state index contributed by atoms with van der Waals surface area (Å²) in [5.74, 6) is 1.21. The average molecular weight is 253 g/mol. The van der Waals surface area contributed by atoms with Crippen LogP contribution in [0.4, 0.5) is 0 Å². The van der Waals surface area contributed by atoms with E-state index in [1.165, 1.54) is 0 Å². The Morgan fingerprint density at radius 1 is 1.53 bits per heavy atom. The second-order valence-electron chi connectivity index (χ2n) is 3.88. The van der Waals surface area contributed by atoms with Crippen molar-refractivity contribution in [1.82, 2.24) is 5.32 Å². The first-order chi connectivity index (χ1) is 8.19. The van der Waals surface area contributed by atoms with Gasteiger partial charge >= 0.3 is 0 Å². The summed E-state index contributed by atoms with van der Waals surface area (Å²) in [5, 5.41) is 15.2. The lowest BCUT2D eigenvalue weighted by Crippen LogP contribution is -2.29. The molecular formula is C12H19N3OS. The first-order valence-electron chi connectivity index (χ1n) is 5.47. The Kier molecular flexibility index (Phi) is 5.86. The molecule has 1 rings (SSSR count). The van der Waals surface area contributed by atoms with E-state index in [0.717, 1.165) is 16.9 Å². The van der Waals surface area contributed by atoms with E-state index in [1.807, 2.05) is 36.0 Å². The Morgan fingerprint density at radius 3 is 2.88 bits per heavy atom. The molecule has 0 heterocycles. The van der Waals surface area contributed by atoms with Gasteiger partial charge in [0.15, 0.2) is 5.84 Å². The number of nitrogens with one attached hydrogen (secondary N) is 1. The quantitative estimate of drug-likeness (QED) is 0.312. The molecule has 0 saturated carbocycles. The van der Waals surface area contributed by atoms with Crippen molar-refractivity contribution in [3.05, 3.63) is 35.4 Å². The van der Waals surface area contributed by atoms with Crippen LogP contribution in [-0.4, -0.2) is 29.1 Å². The minimum Gasteiger partial charge on any atom is -0.409 e. The van der Waals surface area contributed by atoms with Gasteiger partial charge in [0, 0.05) is 23.9 Å². The third-order valence-electron chi connectivity index (χ3n) is 2.46. The Hall–Kier alpha value is -1.20. The van der Waals surface area contributed by atoms with E-state index < -0.39 is 0 Å². The smallest absolute Gasteiger partial charge is 0.170 e. The maximum absolute atomic E-state index is 8.71. The average Bonchev–Trinajstić information content (AvgIpc) is 2.36. The first kappa shape index (κ1) is 13.9. The summed E-state index contributed by atoms with van der Waals surface area (Å²) in [5.41, 5.74) is 7.44. The number of rotatable bonds is 6. The second kappa shape index (κ2) is 7.19. The molecule has 1 unspecified atom stereocenters. The number of nitrogens with zero attached hydrogens (tertiary/aromatic N) is 1. The third-order valence-corrected chi connectivity index (χ3v) is 3.29. The van der Waals surface area contributed by atoms with Crippen molar-refractivity contribution in [3.8, 4) is 0 Å². The van der Waals surface area contributed by atoms with Crippen molar-refractivity contribution in [2.75, 3.05) is 12.0 Å². The summed E-state index contributed by atoms with van der Waals surface area (Å²) in [6.45, 7) is 2.86. The molecule has 1 aromatic carbocycles. The molecule has 0 bridgehead atoms. The lowest BCUT2D eigenvalue weighted by Gasteiger charge is -2.14. The molecule has 5 heteroatoms. The van der Waals surface area contributed by atoms with Crippen LogP contribution in [0.5, 0.6) is 0 Å². The number of oxime groups is 1. The predicted molar refractivity (Wildman–Crippen MR) is 73.6 cm³/mol. The molecule has 94 valence electrons. The van der Waals surface area contributed by atoms with E-state index >= 15 is 0 Å². The lowest BCUT2D eigenvalue weighted by molar-refractivity contribution is 0.318. The van der Waals surface area contributed by atoms with Crippen molar-refractivity contribution >= 4 is 17.6 Å². The van der Waals surface area contributed by atoms with Crippen LogP contribution in [0.2, 0.25) is 0 Å². The highest BCUT2D eigenvalue weighted by atomic mass is 32.2. The van der Waals surface area contributed by atoms with Gasteiger partial charge in [0.25, 0.3) is 0 Å². The van der Waals surface area contributed by atoms with Gasteiger partial charge in [-0.3, -0.25) is 0 Å². The van der Waals surface area contributed by atoms with Crippen LogP contribution in [0.15, 0.2) is 29.4 Å². The molecule has 0 aliphatic carbocycles. The van der Waals surface area contributed by atoms with E-state index in [0.29, 0.717) is 12.6 Å². The van der Waals surface area contributed by atoms with Crippen LogP contribution in [0.1, 0.15) is 18.1 Å². The zero-order chi connectivity index (χ0) is 12.7. The molecular weight excluding hydrogens is 234 g/mol. The van der Waals surface area contributed by atoms with Crippen LogP contribution >= 0.6 is 11.8 Å². The maximum atomic E-state index is 8.71. The van der Waals surface area contributed by atoms with Gasteiger partial charge in [0.05, 0.1) is 0 Å². The summed E-state index contributed by atoms with van der Waals surface area (Å²) in [6.07, 6.45) is 2.09. The van der Waals surface area contributed by atoms with Crippen LogP contribution in [-0.2, 0) is 6.54 Å². The largest absolute Gasteiger partial charge is 0.409 e. The van der Waals surface area contributed by atoms with Gasteiger partial charge in [-0.2, -0.15) is 11.8 Å². The first-order valence-corrected chi connectivity index (χ1v) is 6.86. The zero-order valence-electron chi connectivity index (χ0n) is 10.2. The highest BCUT2D eigenvalue weighted by Gasteiger charge is 2.07. The molecule has 1 atom stereocenters. The summed E-state index contributed by atoms with van der Waals surface area (Å²) < 4.78 is 0. The number of benzene rings is 1. The van der Waals surface area contributed by atoms with Crippen molar-refractivity contribution in [2.45, 2.75) is 19.5 Å². The standard InChI is InChI=1S/C12H19N3OS/c1-9(8-17-2)14-7-10-5-3-4-6-11(10)12(13)15-16/h3-6,9,14,16H,7-8H2,1-2H3,(H2,13,15). The molecule has 0 spiro atoms. The summed E-state index contributed by atoms with van der Waals surface area (Å²) >= 11 is 1.81. The van der Waals surface area contributed by atoms with Gasteiger partial charge in [-0.25, -0.2) is 0 Å².